The molecule has 2 amide bonds. The van der Waals surface area contributed by atoms with Crippen LogP contribution in [0.5, 0.6) is 0 Å². The molecule has 2 aromatic carbocycles. The molecule has 1 heterocycles. The van der Waals surface area contributed by atoms with E-state index in [1.165, 1.54) is 4.70 Å². The van der Waals surface area contributed by atoms with Crippen molar-refractivity contribution in [3.8, 4) is 0 Å². The van der Waals surface area contributed by atoms with E-state index in [-0.39, 0.29) is 24.5 Å². The standard InChI is InChI=1S/C23H26N2O3S/c1-15(2)21(25-23(27)28-14-17-9-5-4-6-10-17)22(26)24-16(3)20-13-18-11-7-8-12-19(18)29-20/h4-13,15-16,21H,14H2,1-3H3,(H,24,26)(H,25,27)/t16?,21-/m0/s1. The molecule has 0 saturated heterocycles. The second-order valence-corrected chi connectivity index (χ2v) is 8.46. The number of rotatable bonds is 7. The molecular formula is C23H26N2O3S. The van der Waals surface area contributed by atoms with E-state index in [2.05, 4.69) is 28.8 Å². The summed E-state index contributed by atoms with van der Waals surface area (Å²) in [4.78, 5) is 26.1. The van der Waals surface area contributed by atoms with E-state index in [1.54, 1.807) is 11.3 Å². The summed E-state index contributed by atoms with van der Waals surface area (Å²) in [6, 6.07) is 18.8. The highest BCUT2D eigenvalue weighted by atomic mass is 32.1. The second-order valence-electron chi connectivity index (χ2n) is 7.34. The van der Waals surface area contributed by atoms with Crippen molar-refractivity contribution < 1.29 is 14.3 Å². The fourth-order valence-corrected chi connectivity index (χ4v) is 4.08. The zero-order valence-corrected chi connectivity index (χ0v) is 17.7. The zero-order valence-electron chi connectivity index (χ0n) is 16.8. The van der Waals surface area contributed by atoms with Gasteiger partial charge in [-0.2, -0.15) is 0 Å². The van der Waals surface area contributed by atoms with Crippen LogP contribution in [0.2, 0.25) is 0 Å². The monoisotopic (exact) mass is 410 g/mol. The largest absolute Gasteiger partial charge is 0.445 e. The van der Waals surface area contributed by atoms with Gasteiger partial charge in [-0.15, -0.1) is 11.3 Å². The molecule has 3 rings (SSSR count). The lowest BCUT2D eigenvalue weighted by atomic mass is 10.0. The topological polar surface area (TPSA) is 67.4 Å². The fraction of sp³-hybridized carbons (Fsp3) is 0.304. The molecule has 29 heavy (non-hydrogen) atoms. The zero-order chi connectivity index (χ0) is 20.8. The first kappa shape index (κ1) is 20.9. The van der Waals surface area contributed by atoms with Gasteiger partial charge >= 0.3 is 6.09 Å². The van der Waals surface area contributed by atoms with Crippen molar-refractivity contribution in [2.45, 2.75) is 39.5 Å². The van der Waals surface area contributed by atoms with Crippen molar-refractivity contribution in [2.75, 3.05) is 0 Å². The molecule has 0 aliphatic rings. The number of fused-ring (bicyclic) bond motifs is 1. The van der Waals surface area contributed by atoms with Crippen molar-refractivity contribution >= 4 is 33.4 Å². The van der Waals surface area contributed by atoms with Gasteiger partial charge in [0.25, 0.3) is 0 Å². The van der Waals surface area contributed by atoms with E-state index < -0.39 is 12.1 Å². The van der Waals surface area contributed by atoms with Crippen LogP contribution in [0.4, 0.5) is 4.79 Å². The number of carbonyl (C=O) groups excluding carboxylic acids is 2. The second kappa shape index (κ2) is 9.56. The van der Waals surface area contributed by atoms with Crippen molar-refractivity contribution in [1.29, 1.82) is 0 Å². The highest BCUT2D eigenvalue weighted by Gasteiger charge is 2.26. The van der Waals surface area contributed by atoms with Gasteiger partial charge in [0.05, 0.1) is 6.04 Å². The fourth-order valence-electron chi connectivity index (χ4n) is 3.02. The first-order valence-electron chi connectivity index (χ1n) is 9.70. The molecular weight excluding hydrogens is 384 g/mol. The van der Waals surface area contributed by atoms with Gasteiger partial charge in [0.1, 0.15) is 12.6 Å². The van der Waals surface area contributed by atoms with E-state index >= 15 is 0 Å². The summed E-state index contributed by atoms with van der Waals surface area (Å²) in [6.45, 7) is 5.91. The van der Waals surface area contributed by atoms with Crippen LogP contribution in [0.3, 0.4) is 0 Å². The molecule has 0 aliphatic carbocycles. The molecule has 1 aromatic heterocycles. The first-order chi connectivity index (χ1) is 13.9. The number of amides is 2. The number of ether oxygens (including phenoxy) is 1. The number of benzene rings is 2. The Morgan fingerprint density at radius 2 is 1.66 bits per heavy atom. The van der Waals surface area contributed by atoms with E-state index in [9.17, 15) is 9.59 Å². The Bertz CT molecular complexity index is 935. The maximum atomic E-state index is 12.8. The molecule has 1 unspecified atom stereocenters. The smallest absolute Gasteiger partial charge is 0.408 e. The van der Waals surface area contributed by atoms with E-state index in [0.717, 1.165) is 15.8 Å². The Balaban J connectivity index is 1.58. The molecule has 3 aromatic rings. The predicted octanol–water partition coefficient (Wildman–Crippen LogP) is 5.03. The average Bonchev–Trinajstić information content (AvgIpc) is 3.15. The molecule has 0 saturated carbocycles. The number of thiophene rings is 1. The summed E-state index contributed by atoms with van der Waals surface area (Å²) < 4.78 is 6.45. The van der Waals surface area contributed by atoms with Gasteiger partial charge < -0.3 is 15.4 Å². The van der Waals surface area contributed by atoms with Crippen LogP contribution in [-0.4, -0.2) is 18.0 Å². The molecule has 0 bridgehead atoms. The van der Waals surface area contributed by atoms with Gasteiger partial charge in [-0.3, -0.25) is 4.79 Å². The van der Waals surface area contributed by atoms with Crippen molar-refractivity contribution in [3.05, 3.63) is 71.1 Å². The third kappa shape index (κ3) is 5.57. The molecule has 6 heteroatoms. The Morgan fingerprint density at radius 1 is 0.966 bits per heavy atom. The first-order valence-corrected chi connectivity index (χ1v) is 10.5. The van der Waals surface area contributed by atoms with Gasteiger partial charge in [0.15, 0.2) is 0 Å². The summed E-state index contributed by atoms with van der Waals surface area (Å²) in [7, 11) is 0. The number of hydrogen-bond donors (Lipinski definition) is 2. The number of alkyl carbamates (subject to hydrolysis) is 1. The van der Waals surface area contributed by atoms with Crippen LogP contribution in [-0.2, 0) is 16.1 Å². The molecule has 152 valence electrons. The lowest BCUT2D eigenvalue weighted by Gasteiger charge is -2.23. The van der Waals surface area contributed by atoms with E-state index in [4.69, 9.17) is 4.74 Å². The maximum Gasteiger partial charge on any atom is 0.408 e. The highest BCUT2D eigenvalue weighted by Crippen LogP contribution is 2.29. The quantitative estimate of drug-likeness (QED) is 0.574. The van der Waals surface area contributed by atoms with Crippen LogP contribution in [0.1, 0.15) is 37.3 Å². The molecule has 5 nitrogen and oxygen atoms in total. The molecule has 0 aliphatic heterocycles. The minimum absolute atomic E-state index is 0.0751. The molecule has 0 radical (unpaired) electrons. The van der Waals surface area contributed by atoms with Gasteiger partial charge in [-0.05, 0) is 35.9 Å². The van der Waals surface area contributed by atoms with E-state index in [0.29, 0.717) is 0 Å². The lowest BCUT2D eigenvalue weighted by Crippen LogP contribution is -2.50. The summed E-state index contributed by atoms with van der Waals surface area (Å²) in [5, 5.41) is 6.88. The third-order valence-electron chi connectivity index (χ3n) is 4.67. The predicted molar refractivity (Wildman–Crippen MR) is 117 cm³/mol. The van der Waals surface area contributed by atoms with Gasteiger partial charge in [0.2, 0.25) is 5.91 Å². The summed E-state index contributed by atoms with van der Waals surface area (Å²) >= 11 is 1.66. The molecule has 0 spiro atoms. The summed E-state index contributed by atoms with van der Waals surface area (Å²) in [6.07, 6.45) is -0.600. The lowest BCUT2D eigenvalue weighted by molar-refractivity contribution is -0.124. The van der Waals surface area contributed by atoms with Crippen LogP contribution < -0.4 is 10.6 Å². The van der Waals surface area contributed by atoms with Crippen molar-refractivity contribution in [2.24, 2.45) is 5.92 Å². The average molecular weight is 411 g/mol. The minimum atomic E-state index is -0.671. The van der Waals surface area contributed by atoms with Crippen LogP contribution in [0.25, 0.3) is 10.1 Å². The maximum absolute atomic E-state index is 12.8. The molecule has 2 N–H and O–H groups in total. The Labute approximate surface area is 175 Å². The van der Waals surface area contributed by atoms with Crippen LogP contribution >= 0.6 is 11.3 Å². The highest BCUT2D eigenvalue weighted by molar-refractivity contribution is 7.19. The Morgan fingerprint density at radius 3 is 2.34 bits per heavy atom. The van der Waals surface area contributed by atoms with E-state index in [1.807, 2.05) is 63.2 Å². The normalized spacial score (nSPS) is 13.1. The Kier molecular flexibility index (Phi) is 6.88. The minimum Gasteiger partial charge on any atom is -0.445 e. The van der Waals surface area contributed by atoms with Crippen molar-refractivity contribution in [3.63, 3.8) is 0 Å². The van der Waals surface area contributed by atoms with Gasteiger partial charge in [0, 0.05) is 9.58 Å². The third-order valence-corrected chi connectivity index (χ3v) is 5.96. The summed E-state index contributed by atoms with van der Waals surface area (Å²) in [5.74, 6) is -0.296. The molecule has 0 fully saturated rings. The number of carbonyl (C=O) groups is 2. The Hall–Kier alpha value is -2.86. The number of hydrogen-bond acceptors (Lipinski definition) is 4. The van der Waals surface area contributed by atoms with Crippen LogP contribution in [0.15, 0.2) is 60.7 Å². The SMILES string of the molecule is CC(NC(=O)[C@@H](NC(=O)OCc1ccccc1)C(C)C)c1cc2ccccc2s1. The van der Waals surface area contributed by atoms with Crippen LogP contribution in [0, 0.1) is 5.92 Å². The van der Waals surface area contributed by atoms with Crippen molar-refractivity contribution in [1.82, 2.24) is 10.6 Å². The van der Waals surface area contributed by atoms with Gasteiger partial charge in [-0.25, -0.2) is 4.79 Å². The number of nitrogens with one attached hydrogen (secondary N) is 2. The van der Waals surface area contributed by atoms with Gasteiger partial charge in [-0.1, -0.05) is 62.4 Å². The summed E-state index contributed by atoms with van der Waals surface area (Å²) in [5.41, 5.74) is 0.895. The molecule has 2 atom stereocenters.